The van der Waals surface area contributed by atoms with E-state index in [0.29, 0.717) is 43.3 Å². The third kappa shape index (κ3) is 5.47. The summed E-state index contributed by atoms with van der Waals surface area (Å²) in [5, 5.41) is 9.68. The van der Waals surface area contributed by atoms with Crippen LogP contribution < -0.4 is 9.64 Å². The maximum Gasteiger partial charge on any atom is 0.219 e. The standard InChI is InChI=1S/C28H29N5O3/c1-20(34)33-17-22(18-33)19-36-27-7-4-23(15-24(27)16-29)26-8-9-30-28(31-26)14-21-2-5-25(6-3-21)32-10-12-35-13-11-32/h2-9,15,22H,10-14,17-19H2,1H3. The van der Waals surface area contributed by atoms with E-state index in [1.54, 1.807) is 24.1 Å². The summed E-state index contributed by atoms with van der Waals surface area (Å²) in [5.41, 5.74) is 4.43. The van der Waals surface area contributed by atoms with Gasteiger partial charge in [-0.25, -0.2) is 9.97 Å². The number of aromatic nitrogens is 2. The van der Waals surface area contributed by atoms with Gasteiger partial charge in [-0.05, 0) is 42.0 Å². The van der Waals surface area contributed by atoms with Gasteiger partial charge in [-0.2, -0.15) is 5.26 Å². The average Bonchev–Trinajstić information content (AvgIpc) is 2.89. The van der Waals surface area contributed by atoms with Gasteiger partial charge in [-0.3, -0.25) is 4.79 Å². The Labute approximate surface area is 211 Å². The van der Waals surface area contributed by atoms with Crippen molar-refractivity contribution in [2.45, 2.75) is 13.3 Å². The summed E-state index contributed by atoms with van der Waals surface area (Å²) in [6, 6.07) is 18.2. The van der Waals surface area contributed by atoms with Gasteiger partial charge in [-0.15, -0.1) is 0 Å². The molecule has 0 unspecified atom stereocenters. The lowest BCUT2D eigenvalue weighted by atomic mass is 10.0. The SMILES string of the molecule is CC(=O)N1CC(COc2ccc(-c3ccnc(Cc4ccc(N5CCOCC5)cc4)n3)cc2C#N)C1. The second-order valence-corrected chi connectivity index (χ2v) is 9.22. The molecule has 184 valence electrons. The van der Waals surface area contributed by atoms with Crippen LogP contribution in [0.25, 0.3) is 11.3 Å². The Morgan fingerprint density at radius 2 is 1.92 bits per heavy atom. The van der Waals surface area contributed by atoms with Crippen LogP contribution in [0.15, 0.2) is 54.7 Å². The molecule has 36 heavy (non-hydrogen) atoms. The number of hydrogen-bond donors (Lipinski definition) is 0. The molecule has 2 fully saturated rings. The van der Waals surface area contributed by atoms with Crippen molar-refractivity contribution in [3.63, 3.8) is 0 Å². The van der Waals surface area contributed by atoms with E-state index in [4.69, 9.17) is 14.5 Å². The molecule has 0 saturated carbocycles. The fraction of sp³-hybridized carbons (Fsp3) is 0.357. The number of carbonyl (C=O) groups excluding carboxylic acids is 1. The Balaban J connectivity index is 1.23. The van der Waals surface area contributed by atoms with Gasteiger partial charge in [0.1, 0.15) is 17.6 Å². The van der Waals surface area contributed by atoms with Gasteiger partial charge >= 0.3 is 0 Å². The zero-order chi connectivity index (χ0) is 24.9. The van der Waals surface area contributed by atoms with E-state index in [0.717, 1.165) is 48.9 Å². The van der Waals surface area contributed by atoms with Gasteiger partial charge in [0.05, 0.1) is 31.1 Å². The molecule has 0 atom stereocenters. The van der Waals surface area contributed by atoms with Crippen LogP contribution in [0.3, 0.4) is 0 Å². The Morgan fingerprint density at radius 1 is 1.14 bits per heavy atom. The first kappa shape index (κ1) is 23.8. The summed E-state index contributed by atoms with van der Waals surface area (Å²) >= 11 is 0. The highest BCUT2D eigenvalue weighted by Gasteiger charge is 2.29. The molecule has 0 radical (unpaired) electrons. The van der Waals surface area contributed by atoms with Crippen molar-refractivity contribution >= 4 is 11.6 Å². The summed E-state index contributed by atoms with van der Waals surface area (Å²) in [7, 11) is 0. The van der Waals surface area contributed by atoms with Gasteiger partial charge in [0, 0.05) is 62.9 Å². The normalized spacial score (nSPS) is 15.8. The molecule has 3 heterocycles. The van der Waals surface area contributed by atoms with Gasteiger partial charge in [0.15, 0.2) is 0 Å². The Bertz CT molecular complexity index is 1260. The minimum atomic E-state index is 0.0857. The first-order chi connectivity index (χ1) is 17.6. The predicted octanol–water partition coefficient (Wildman–Crippen LogP) is 3.30. The lowest BCUT2D eigenvalue weighted by Crippen LogP contribution is -2.51. The predicted molar refractivity (Wildman–Crippen MR) is 136 cm³/mol. The monoisotopic (exact) mass is 483 g/mol. The van der Waals surface area contributed by atoms with E-state index in [-0.39, 0.29) is 5.91 Å². The summed E-state index contributed by atoms with van der Waals surface area (Å²) in [4.78, 5) is 24.7. The highest BCUT2D eigenvalue weighted by molar-refractivity contribution is 5.74. The number of benzene rings is 2. The van der Waals surface area contributed by atoms with Crippen LogP contribution in [0.4, 0.5) is 5.69 Å². The number of nitriles is 1. The number of amides is 1. The van der Waals surface area contributed by atoms with Crippen LogP contribution in [-0.2, 0) is 16.0 Å². The highest BCUT2D eigenvalue weighted by atomic mass is 16.5. The third-order valence-electron chi connectivity index (χ3n) is 6.65. The molecule has 0 aliphatic carbocycles. The van der Waals surface area contributed by atoms with Gasteiger partial charge in [0.25, 0.3) is 0 Å². The highest BCUT2D eigenvalue weighted by Crippen LogP contribution is 2.27. The van der Waals surface area contributed by atoms with Crippen molar-refractivity contribution in [2.24, 2.45) is 5.92 Å². The molecule has 8 heteroatoms. The molecule has 2 aliphatic heterocycles. The van der Waals surface area contributed by atoms with E-state index >= 15 is 0 Å². The van der Waals surface area contributed by atoms with E-state index in [1.807, 2.05) is 18.2 Å². The average molecular weight is 484 g/mol. The Kier molecular flexibility index (Phi) is 7.10. The molecule has 2 saturated heterocycles. The molecule has 0 bridgehead atoms. The number of hydrogen-bond acceptors (Lipinski definition) is 7. The molecule has 2 aliphatic rings. The number of ether oxygens (including phenoxy) is 2. The van der Waals surface area contributed by atoms with Crippen molar-refractivity contribution in [2.75, 3.05) is 50.9 Å². The van der Waals surface area contributed by atoms with Crippen LogP contribution in [-0.4, -0.2) is 66.8 Å². The van der Waals surface area contributed by atoms with E-state index in [2.05, 4.69) is 40.2 Å². The lowest BCUT2D eigenvalue weighted by Gasteiger charge is -2.38. The maximum atomic E-state index is 11.3. The Hall–Kier alpha value is -3.96. The second-order valence-electron chi connectivity index (χ2n) is 9.22. The molecule has 8 nitrogen and oxygen atoms in total. The largest absolute Gasteiger partial charge is 0.492 e. The minimum absolute atomic E-state index is 0.0857. The van der Waals surface area contributed by atoms with Gasteiger partial charge < -0.3 is 19.3 Å². The number of morpholine rings is 1. The van der Waals surface area contributed by atoms with Crippen LogP contribution in [0, 0.1) is 17.2 Å². The molecular formula is C28H29N5O3. The summed E-state index contributed by atoms with van der Waals surface area (Å²) in [6.45, 7) is 6.83. The number of nitrogens with zero attached hydrogens (tertiary/aromatic N) is 5. The molecule has 0 spiro atoms. The molecule has 3 aromatic rings. The Morgan fingerprint density at radius 3 is 2.64 bits per heavy atom. The number of rotatable bonds is 7. The van der Waals surface area contributed by atoms with Crippen LogP contribution in [0.1, 0.15) is 23.9 Å². The zero-order valence-electron chi connectivity index (χ0n) is 20.4. The first-order valence-electron chi connectivity index (χ1n) is 12.3. The topological polar surface area (TPSA) is 91.6 Å². The number of likely N-dealkylation sites (tertiary alicyclic amines) is 1. The molecule has 2 aromatic carbocycles. The van der Waals surface area contributed by atoms with Crippen LogP contribution >= 0.6 is 0 Å². The fourth-order valence-electron chi connectivity index (χ4n) is 4.52. The van der Waals surface area contributed by atoms with Crippen LogP contribution in [0.2, 0.25) is 0 Å². The van der Waals surface area contributed by atoms with E-state index in [9.17, 15) is 10.1 Å². The maximum absolute atomic E-state index is 11.3. The van der Waals surface area contributed by atoms with Crippen molar-refractivity contribution in [1.82, 2.24) is 14.9 Å². The molecular weight excluding hydrogens is 454 g/mol. The van der Waals surface area contributed by atoms with Crippen molar-refractivity contribution in [3.05, 3.63) is 71.7 Å². The molecule has 0 N–H and O–H groups in total. The lowest BCUT2D eigenvalue weighted by molar-refractivity contribution is -0.135. The van der Waals surface area contributed by atoms with E-state index in [1.165, 1.54) is 5.69 Å². The molecule has 5 rings (SSSR count). The second kappa shape index (κ2) is 10.8. The van der Waals surface area contributed by atoms with Gasteiger partial charge in [0.2, 0.25) is 5.91 Å². The quantitative estimate of drug-likeness (QED) is 0.509. The van der Waals surface area contributed by atoms with E-state index < -0.39 is 0 Å². The summed E-state index contributed by atoms with van der Waals surface area (Å²) in [5.74, 6) is 1.66. The summed E-state index contributed by atoms with van der Waals surface area (Å²) < 4.78 is 11.3. The van der Waals surface area contributed by atoms with Crippen molar-refractivity contribution in [3.8, 4) is 23.1 Å². The first-order valence-corrected chi connectivity index (χ1v) is 12.3. The van der Waals surface area contributed by atoms with Crippen LogP contribution in [0.5, 0.6) is 5.75 Å². The minimum Gasteiger partial charge on any atom is -0.492 e. The zero-order valence-corrected chi connectivity index (χ0v) is 20.4. The smallest absolute Gasteiger partial charge is 0.219 e. The fourth-order valence-corrected chi connectivity index (χ4v) is 4.52. The molecule has 1 amide bonds. The number of anilines is 1. The number of carbonyl (C=O) groups is 1. The summed E-state index contributed by atoms with van der Waals surface area (Å²) in [6.07, 6.45) is 2.38. The third-order valence-corrected chi connectivity index (χ3v) is 6.65. The van der Waals surface area contributed by atoms with Crippen molar-refractivity contribution in [1.29, 1.82) is 5.26 Å². The van der Waals surface area contributed by atoms with Gasteiger partial charge in [-0.1, -0.05) is 12.1 Å². The van der Waals surface area contributed by atoms with Crippen molar-refractivity contribution < 1.29 is 14.3 Å². The molecule has 1 aromatic heterocycles.